The van der Waals surface area contributed by atoms with Gasteiger partial charge in [0, 0.05) is 33.2 Å². The number of fused-ring (bicyclic) bond motifs is 1. The van der Waals surface area contributed by atoms with Gasteiger partial charge in [-0.1, -0.05) is 0 Å². The van der Waals surface area contributed by atoms with E-state index in [4.69, 9.17) is 0 Å². The zero-order valence-corrected chi connectivity index (χ0v) is 16.2. The van der Waals surface area contributed by atoms with Crippen LogP contribution < -0.4 is 10.2 Å². The van der Waals surface area contributed by atoms with Crippen molar-refractivity contribution in [2.24, 2.45) is 7.05 Å². The van der Waals surface area contributed by atoms with Crippen LogP contribution in [0.15, 0.2) is 24.5 Å². The van der Waals surface area contributed by atoms with E-state index in [1.54, 1.807) is 28.7 Å². The number of carbonyl (C=O) groups is 2. The van der Waals surface area contributed by atoms with Gasteiger partial charge in [0.25, 0.3) is 11.8 Å². The molecule has 0 bridgehead atoms. The van der Waals surface area contributed by atoms with E-state index in [9.17, 15) is 9.59 Å². The Morgan fingerprint density at radius 3 is 2.59 bits per heavy atom. The van der Waals surface area contributed by atoms with Gasteiger partial charge in [-0.05, 0) is 31.4 Å². The molecule has 0 saturated carbocycles. The molecular weight excluding hydrogens is 372 g/mol. The number of likely N-dealkylation sites (tertiary alicyclic amines) is 1. The number of hydrogen-bond acceptors (Lipinski definition) is 6. The number of pyridine rings is 1. The van der Waals surface area contributed by atoms with Crippen LogP contribution in [-0.2, 0) is 7.05 Å². The summed E-state index contributed by atoms with van der Waals surface area (Å²) in [6.07, 6.45) is 6.48. The van der Waals surface area contributed by atoms with E-state index in [1.807, 2.05) is 6.07 Å². The summed E-state index contributed by atoms with van der Waals surface area (Å²) in [4.78, 5) is 33.9. The molecule has 3 aromatic rings. The van der Waals surface area contributed by atoms with E-state index in [0.29, 0.717) is 17.2 Å². The molecule has 2 aliphatic heterocycles. The quantitative estimate of drug-likeness (QED) is 0.713. The topological polar surface area (TPSA) is 101 Å². The van der Waals surface area contributed by atoms with Crippen molar-refractivity contribution in [3.05, 3.63) is 35.8 Å². The van der Waals surface area contributed by atoms with Crippen LogP contribution in [0, 0.1) is 0 Å². The first-order valence-corrected chi connectivity index (χ1v) is 9.84. The molecule has 0 aliphatic carbocycles. The third-order valence-electron chi connectivity index (χ3n) is 5.49. The summed E-state index contributed by atoms with van der Waals surface area (Å²) < 4.78 is 3.10. The molecule has 2 fully saturated rings. The second-order valence-electron chi connectivity index (χ2n) is 7.46. The molecule has 2 saturated heterocycles. The second-order valence-corrected chi connectivity index (χ2v) is 7.46. The van der Waals surface area contributed by atoms with Gasteiger partial charge in [-0.25, -0.2) is 4.52 Å². The molecule has 150 valence electrons. The summed E-state index contributed by atoms with van der Waals surface area (Å²) in [5, 5.41) is 11.5. The lowest BCUT2D eigenvalue weighted by Gasteiger charge is -2.30. The number of nitrogens with one attached hydrogen (secondary N) is 1. The first-order valence-electron chi connectivity index (χ1n) is 9.84. The van der Waals surface area contributed by atoms with Crippen molar-refractivity contribution in [1.82, 2.24) is 29.3 Å². The van der Waals surface area contributed by atoms with Crippen molar-refractivity contribution in [3.63, 3.8) is 0 Å². The van der Waals surface area contributed by atoms with E-state index in [0.717, 1.165) is 51.1 Å². The number of aromatic nitrogens is 5. The molecule has 2 amide bonds. The van der Waals surface area contributed by atoms with Gasteiger partial charge in [0.2, 0.25) is 5.95 Å². The molecule has 29 heavy (non-hydrogen) atoms. The van der Waals surface area contributed by atoms with E-state index in [-0.39, 0.29) is 17.5 Å². The van der Waals surface area contributed by atoms with Gasteiger partial charge in [-0.2, -0.15) is 10.1 Å². The number of amides is 2. The summed E-state index contributed by atoms with van der Waals surface area (Å²) in [6.45, 7) is 3.37. The van der Waals surface area contributed by atoms with Crippen LogP contribution in [0.5, 0.6) is 0 Å². The van der Waals surface area contributed by atoms with Crippen LogP contribution in [0.3, 0.4) is 0 Å². The van der Waals surface area contributed by atoms with E-state index in [2.05, 4.69) is 25.4 Å². The molecule has 5 heterocycles. The third kappa shape index (κ3) is 3.10. The molecule has 0 aromatic carbocycles. The lowest BCUT2D eigenvalue weighted by molar-refractivity contribution is 0.0648. The fraction of sp³-hybridized carbons (Fsp3) is 0.421. The highest BCUT2D eigenvalue weighted by Gasteiger charge is 2.28. The highest BCUT2D eigenvalue weighted by atomic mass is 16.2. The molecule has 0 unspecified atom stereocenters. The summed E-state index contributed by atoms with van der Waals surface area (Å²) >= 11 is 0. The molecule has 0 atom stereocenters. The summed E-state index contributed by atoms with van der Waals surface area (Å²) in [6, 6.07) is 3.60. The van der Waals surface area contributed by atoms with Gasteiger partial charge in [-0.15, -0.1) is 5.10 Å². The minimum absolute atomic E-state index is 0.156. The number of carbonyl (C=O) groups excluding carboxylic acids is 2. The van der Waals surface area contributed by atoms with Crippen molar-refractivity contribution in [1.29, 1.82) is 0 Å². The molecule has 0 radical (unpaired) electrons. The molecule has 5 rings (SSSR count). The Morgan fingerprint density at radius 2 is 1.86 bits per heavy atom. The highest BCUT2D eigenvalue weighted by molar-refractivity contribution is 6.11. The van der Waals surface area contributed by atoms with Crippen molar-refractivity contribution < 1.29 is 9.59 Å². The predicted octanol–water partition coefficient (Wildman–Crippen LogP) is 1.16. The summed E-state index contributed by atoms with van der Waals surface area (Å²) in [5.74, 6) is 0.171. The SMILES string of the molecule is Cn1ncc(C(=O)N2CCC2)c1C(=O)Nc1ccc2nc(N3CCCC3)nn2c1. The van der Waals surface area contributed by atoms with E-state index >= 15 is 0 Å². The summed E-state index contributed by atoms with van der Waals surface area (Å²) in [5.41, 5.74) is 1.87. The van der Waals surface area contributed by atoms with Gasteiger partial charge in [0.15, 0.2) is 5.65 Å². The second kappa shape index (κ2) is 6.87. The van der Waals surface area contributed by atoms with E-state index < -0.39 is 0 Å². The smallest absolute Gasteiger partial charge is 0.274 e. The van der Waals surface area contributed by atoms with Crippen LogP contribution in [0.1, 0.15) is 40.1 Å². The maximum Gasteiger partial charge on any atom is 0.274 e. The number of hydrogen-bond donors (Lipinski definition) is 1. The highest BCUT2D eigenvalue weighted by Crippen LogP contribution is 2.20. The molecule has 2 aliphatic rings. The zero-order valence-electron chi connectivity index (χ0n) is 16.2. The van der Waals surface area contributed by atoms with Gasteiger partial charge < -0.3 is 15.1 Å². The first kappa shape index (κ1) is 17.7. The van der Waals surface area contributed by atoms with E-state index in [1.165, 1.54) is 10.9 Å². The van der Waals surface area contributed by atoms with Gasteiger partial charge >= 0.3 is 0 Å². The molecule has 0 spiro atoms. The van der Waals surface area contributed by atoms with Gasteiger partial charge in [-0.3, -0.25) is 14.3 Å². The first-order chi connectivity index (χ1) is 14.1. The molecule has 10 nitrogen and oxygen atoms in total. The van der Waals surface area contributed by atoms with Crippen LogP contribution in [0.25, 0.3) is 5.65 Å². The molecule has 10 heteroatoms. The van der Waals surface area contributed by atoms with Crippen molar-refractivity contribution >= 4 is 29.1 Å². The van der Waals surface area contributed by atoms with Crippen LogP contribution in [-0.4, -0.2) is 67.3 Å². The fourth-order valence-corrected chi connectivity index (χ4v) is 3.74. The Labute approximate surface area is 167 Å². The normalized spacial score (nSPS) is 16.3. The minimum Gasteiger partial charge on any atom is -0.340 e. The Kier molecular flexibility index (Phi) is 4.18. The Hall–Kier alpha value is -3.43. The zero-order chi connectivity index (χ0) is 20.0. The van der Waals surface area contributed by atoms with Crippen molar-refractivity contribution in [3.8, 4) is 0 Å². The van der Waals surface area contributed by atoms with Crippen LogP contribution >= 0.6 is 0 Å². The lowest BCUT2D eigenvalue weighted by atomic mass is 10.1. The maximum atomic E-state index is 12.9. The standard InChI is InChI=1S/C19H22N8O2/c1-24-16(14(11-20-24)18(29)25-9-4-10-25)17(28)21-13-5-6-15-22-19(23-27(15)12-13)26-7-2-3-8-26/h5-6,11-12H,2-4,7-10H2,1H3,(H,21,28). The van der Waals surface area contributed by atoms with Crippen LogP contribution in [0.2, 0.25) is 0 Å². The minimum atomic E-state index is -0.381. The monoisotopic (exact) mass is 394 g/mol. The maximum absolute atomic E-state index is 12.9. The fourth-order valence-electron chi connectivity index (χ4n) is 3.74. The Bertz CT molecular complexity index is 1090. The van der Waals surface area contributed by atoms with Crippen LogP contribution in [0.4, 0.5) is 11.6 Å². The summed E-state index contributed by atoms with van der Waals surface area (Å²) in [7, 11) is 1.66. The number of rotatable bonds is 4. The van der Waals surface area contributed by atoms with Crippen molar-refractivity contribution in [2.45, 2.75) is 19.3 Å². The number of anilines is 2. The largest absolute Gasteiger partial charge is 0.340 e. The Morgan fingerprint density at radius 1 is 1.07 bits per heavy atom. The molecule has 1 N–H and O–H groups in total. The number of aryl methyl sites for hydroxylation is 1. The third-order valence-corrected chi connectivity index (χ3v) is 5.49. The predicted molar refractivity (Wildman–Crippen MR) is 106 cm³/mol. The number of nitrogens with zero attached hydrogens (tertiary/aromatic N) is 7. The Balaban J connectivity index is 1.38. The molecule has 3 aromatic heterocycles. The molecular formula is C19H22N8O2. The average molecular weight is 394 g/mol. The average Bonchev–Trinajstić information content (AvgIpc) is 3.38. The van der Waals surface area contributed by atoms with Crippen molar-refractivity contribution in [2.75, 3.05) is 36.4 Å². The lowest BCUT2D eigenvalue weighted by Crippen LogP contribution is -2.42. The van der Waals surface area contributed by atoms with Gasteiger partial charge in [0.05, 0.1) is 23.6 Å². The van der Waals surface area contributed by atoms with Gasteiger partial charge in [0.1, 0.15) is 5.69 Å².